The summed E-state index contributed by atoms with van der Waals surface area (Å²) in [6.45, 7) is 0. The van der Waals surface area contributed by atoms with Crippen LogP contribution in [0.4, 0.5) is 10.1 Å². The molecule has 2 bridgehead atoms. The molecule has 0 spiro atoms. The van der Waals surface area contributed by atoms with Crippen LogP contribution in [0.15, 0.2) is 146 Å². The number of allylic oxidation sites excluding steroid dienone is 2. The molecule has 1 saturated carbocycles. The number of hydrogen-bond acceptors (Lipinski definition) is 3. The number of amides is 2. The molecule has 2 amide bonds. The van der Waals surface area contributed by atoms with E-state index in [1.54, 1.807) is 6.07 Å². The van der Waals surface area contributed by atoms with Crippen molar-refractivity contribution in [2.75, 3.05) is 4.90 Å². The molecule has 0 N–H and O–H groups in total. The van der Waals surface area contributed by atoms with Crippen molar-refractivity contribution >= 4 is 34.4 Å². The SMILES string of the molecule is O=C1[C@H]2[C@H](C(=O)N1c1ccccc1F)[C@]1(c3ccccc3)C(=O)[C@]2(c2ccccc2)C(c2ccccc2)=C1c1ccccc1. The van der Waals surface area contributed by atoms with Gasteiger partial charge in [0.1, 0.15) is 5.82 Å². The number of ketones is 1. The number of Topliss-reactive ketones (excluding diaryl/α,β-unsaturated/α-hetero) is 1. The van der Waals surface area contributed by atoms with Gasteiger partial charge in [-0.1, -0.05) is 133 Å². The number of para-hydroxylation sites is 1. The van der Waals surface area contributed by atoms with Crippen LogP contribution >= 0.6 is 0 Å². The lowest BCUT2D eigenvalue weighted by atomic mass is 9.59. The number of carbonyl (C=O) groups is 3. The highest BCUT2D eigenvalue weighted by molar-refractivity contribution is 6.39. The largest absolute Gasteiger partial charge is 0.297 e. The molecule has 5 aromatic rings. The van der Waals surface area contributed by atoms with Gasteiger partial charge in [-0.05, 0) is 45.5 Å². The Bertz CT molecular complexity index is 1870. The van der Waals surface area contributed by atoms with Crippen molar-refractivity contribution in [3.8, 4) is 0 Å². The lowest BCUT2D eigenvalue weighted by Crippen LogP contribution is -2.45. The molecule has 1 aliphatic heterocycles. The summed E-state index contributed by atoms with van der Waals surface area (Å²) in [5, 5.41) is 0. The molecule has 44 heavy (non-hydrogen) atoms. The van der Waals surface area contributed by atoms with Crippen LogP contribution in [-0.2, 0) is 25.2 Å². The van der Waals surface area contributed by atoms with Crippen LogP contribution in [-0.4, -0.2) is 17.6 Å². The molecule has 8 rings (SSSR count). The van der Waals surface area contributed by atoms with Gasteiger partial charge in [-0.25, -0.2) is 9.29 Å². The fraction of sp³-hybridized carbons (Fsp3) is 0.103. The third-order valence-electron chi connectivity index (χ3n) is 9.67. The summed E-state index contributed by atoms with van der Waals surface area (Å²) in [4.78, 5) is 46.4. The van der Waals surface area contributed by atoms with E-state index in [0.29, 0.717) is 22.3 Å². The van der Waals surface area contributed by atoms with Gasteiger partial charge in [0, 0.05) is 0 Å². The standard InChI is InChI=1S/C39H26FNO3/c40-29-23-13-14-24-30(29)41-35(42)33-34(36(41)43)39(28-21-11-4-12-22-28)32(26-17-7-2-8-18-26)31(25-15-5-1-6-16-25)38(33,37(39)44)27-19-9-3-10-20-27/h1-24,33-34H/t33-,34-,38-,39-/m1/s1. The van der Waals surface area contributed by atoms with Crippen LogP contribution in [0.5, 0.6) is 0 Å². The van der Waals surface area contributed by atoms with Crippen molar-refractivity contribution in [1.29, 1.82) is 0 Å². The molecule has 0 unspecified atom stereocenters. The molecule has 5 heteroatoms. The first-order valence-electron chi connectivity index (χ1n) is 14.7. The highest BCUT2D eigenvalue weighted by atomic mass is 19.1. The number of halogens is 1. The normalized spacial score (nSPS) is 25.6. The van der Waals surface area contributed by atoms with E-state index in [-0.39, 0.29) is 11.5 Å². The monoisotopic (exact) mass is 575 g/mol. The number of rotatable bonds is 5. The lowest BCUT2D eigenvalue weighted by Gasteiger charge is -2.39. The molecular weight excluding hydrogens is 549 g/mol. The number of carbonyl (C=O) groups excluding carboxylic acids is 3. The smallest absolute Gasteiger partial charge is 0.239 e. The van der Waals surface area contributed by atoms with Gasteiger partial charge < -0.3 is 0 Å². The van der Waals surface area contributed by atoms with Crippen molar-refractivity contribution < 1.29 is 18.8 Å². The number of hydrogen-bond donors (Lipinski definition) is 0. The van der Waals surface area contributed by atoms with E-state index >= 15 is 9.18 Å². The van der Waals surface area contributed by atoms with Crippen molar-refractivity contribution in [3.63, 3.8) is 0 Å². The van der Waals surface area contributed by atoms with Gasteiger partial charge in [0.25, 0.3) is 0 Å². The lowest BCUT2D eigenvalue weighted by molar-refractivity contribution is -0.130. The Kier molecular flexibility index (Phi) is 5.69. The minimum atomic E-state index is -1.51. The number of anilines is 1. The zero-order valence-corrected chi connectivity index (χ0v) is 23.6. The van der Waals surface area contributed by atoms with Gasteiger partial charge in [-0.3, -0.25) is 14.4 Å². The Morgan fingerprint density at radius 1 is 0.477 bits per heavy atom. The van der Waals surface area contributed by atoms with Crippen LogP contribution in [0.3, 0.4) is 0 Å². The maximum atomic E-state index is 15.8. The molecule has 2 aliphatic carbocycles. The van der Waals surface area contributed by atoms with E-state index in [1.165, 1.54) is 18.2 Å². The summed E-state index contributed by atoms with van der Waals surface area (Å²) in [6.07, 6.45) is 0. The number of nitrogens with zero attached hydrogens (tertiary/aromatic N) is 1. The summed E-state index contributed by atoms with van der Waals surface area (Å²) < 4.78 is 15.3. The van der Waals surface area contributed by atoms with Gasteiger partial charge in [-0.2, -0.15) is 0 Å². The molecule has 3 aliphatic rings. The second-order valence-corrected chi connectivity index (χ2v) is 11.6. The zero-order valence-electron chi connectivity index (χ0n) is 23.6. The van der Waals surface area contributed by atoms with Crippen LogP contribution in [0.1, 0.15) is 22.3 Å². The van der Waals surface area contributed by atoms with Crippen molar-refractivity contribution in [3.05, 3.63) is 174 Å². The Hall–Kier alpha value is -5.42. The van der Waals surface area contributed by atoms with E-state index < -0.39 is 40.3 Å². The van der Waals surface area contributed by atoms with Crippen LogP contribution in [0, 0.1) is 17.7 Å². The molecular formula is C39H26FNO3. The van der Waals surface area contributed by atoms with E-state index in [1.807, 2.05) is 121 Å². The highest BCUT2D eigenvalue weighted by Crippen LogP contribution is 2.74. The molecule has 0 radical (unpaired) electrons. The number of imide groups is 1. The molecule has 212 valence electrons. The first-order valence-corrected chi connectivity index (χ1v) is 14.7. The zero-order chi connectivity index (χ0) is 30.1. The minimum Gasteiger partial charge on any atom is -0.297 e. The maximum Gasteiger partial charge on any atom is 0.239 e. The maximum absolute atomic E-state index is 15.8. The molecule has 4 atom stereocenters. The number of fused-ring (bicyclic) bond motifs is 5. The van der Waals surface area contributed by atoms with E-state index in [0.717, 1.165) is 16.0 Å². The molecule has 2 fully saturated rings. The highest BCUT2D eigenvalue weighted by Gasteiger charge is 2.82. The van der Waals surface area contributed by atoms with Gasteiger partial charge in [-0.15, -0.1) is 0 Å². The van der Waals surface area contributed by atoms with Gasteiger partial charge >= 0.3 is 0 Å². The third-order valence-corrected chi connectivity index (χ3v) is 9.67. The predicted octanol–water partition coefficient (Wildman–Crippen LogP) is 7.01. The van der Waals surface area contributed by atoms with E-state index in [9.17, 15) is 9.59 Å². The second-order valence-electron chi connectivity index (χ2n) is 11.6. The average molecular weight is 576 g/mol. The fourth-order valence-corrected chi connectivity index (χ4v) is 8.20. The summed E-state index contributed by atoms with van der Waals surface area (Å²) in [7, 11) is 0. The van der Waals surface area contributed by atoms with Crippen molar-refractivity contribution in [1.82, 2.24) is 0 Å². The molecule has 1 saturated heterocycles. The van der Waals surface area contributed by atoms with E-state index in [2.05, 4.69) is 0 Å². The summed E-state index contributed by atoms with van der Waals surface area (Å²) in [5.41, 5.74) is 1.16. The average Bonchev–Trinajstić information content (AvgIpc) is 3.59. The van der Waals surface area contributed by atoms with Gasteiger partial charge in [0.15, 0.2) is 5.78 Å². The minimum absolute atomic E-state index is 0.0994. The first-order chi connectivity index (χ1) is 21.5. The number of benzene rings is 5. The van der Waals surface area contributed by atoms with Crippen molar-refractivity contribution in [2.45, 2.75) is 10.8 Å². The Balaban J connectivity index is 1.57. The van der Waals surface area contributed by atoms with E-state index in [4.69, 9.17) is 0 Å². The molecule has 0 aromatic heterocycles. The van der Waals surface area contributed by atoms with Crippen LogP contribution in [0.25, 0.3) is 11.1 Å². The summed E-state index contributed by atoms with van der Waals surface area (Å²) in [5.74, 6) is -4.19. The predicted molar refractivity (Wildman–Crippen MR) is 167 cm³/mol. The Labute approximate surface area is 254 Å². The molecule has 5 aromatic carbocycles. The summed E-state index contributed by atoms with van der Waals surface area (Å²) in [6, 6.07) is 43.8. The molecule has 4 nitrogen and oxygen atoms in total. The van der Waals surface area contributed by atoms with Crippen LogP contribution in [0.2, 0.25) is 0 Å². The molecule has 1 heterocycles. The topological polar surface area (TPSA) is 54.5 Å². The van der Waals surface area contributed by atoms with Gasteiger partial charge in [0.2, 0.25) is 11.8 Å². The summed E-state index contributed by atoms with van der Waals surface area (Å²) >= 11 is 0. The van der Waals surface area contributed by atoms with Gasteiger partial charge in [0.05, 0.1) is 28.4 Å². The van der Waals surface area contributed by atoms with Crippen LogP contribution < -0.4 is 4.90 Å². The third kappa shape index (κ3) is 3.13. The Morgan fingerprint density at radius 2 is 0.841 bits per heavy atom. The Morgan fingerprint density at radius 3 is 1.25 bits per heavy atom. The second kappa shape index (κ2) is 9.55. The fourth-order valence-electron chi connectivity index (χ4n) is 8.20. The first kappa shape index (κ1) is 26.2. The van der Waals surface area contributed by atoms with Crippen molar-refractivity contribution in [2.24, 2.45) is 11.8 Å². The quantitative estimate of drug-likeness (QED) is 0.212.